The summed E-state index contributed by atoms with van der Waals surface area (Å²) in [7, 11) is 0. The van der Waals surface area contributed by atoms with Crippen LogP contribution in [0.1, 0.15) is 22.8 Å². The van der Waals surface area contributed by atoms with Gasteiger partial charge in [-0.1, -0.05) is 30.3 Å². The third-order valence-corrected chi connectivity index (χ3v) is 3.27. The van der Waals surface area contributed by atoms with Crippen molar-refractivity contribution < 1.29 is 23.1 Å². The Morgan fingerprint density at radius 1 is 1.09 bits per heavy atom. The Kier molecular flexibility index (Phi) is 4.51. The van der Waals surface area contributed by atoms with Gasteiger partial charge >= 0.3 is 0 Å². The predicted molar refractivity (Wildman–Crippen MR) is 74.7 cm³/mol. The first kappa shape index (κ1) is 16.0. The van der Waals surface area contributed by atoms with Crippen molar-refractivity contribution in [1.82, 2.24) is 5.32 Å². The average Bonchev–Trinajstić information content (AvgIpc) is 2.51. The number of hydrogen-bond donors (Lipinski definition) is 2. The van der Waals surface area contributed by atoms with E-state index in [1.807, 2.05) is 0 Å². The quantitative estimate of drug-likeness (QED) is 0.853. The molecule has 0 bridgehead atoms. The Bertz CT molecular complexity index is 687. The molecule has 116 valence electrons. The zero-order chi connectivity index (χ0) is 16.3. The van der Waals surface area contributed by atoms with Gasteiger partial charge in [0.1, 0.15) is 5.60 Å². The highest BCUT2D eigenvalue weighted by atomic mass is 19.2. The van der Waals surface area contributed by atoms with E-state index >= 15 is 0 Å². The van der Waals surface area contributed by atoms with Crippen molar-refractivity contribution in [2.24, 2.45) is 0 Å². The van der Waals surface area contributed by atoms with E-state index in [2.05, 4.69) is 5.32 Å². The monoisotopic (exact) mass is 309 g/mol. The lowest BCUT2D eigenvalue weighted by atomic mass is 9.96. The van der Waals surface area contributed by atoms with Crippen molar-refractivity contribution in [2.45, 2.75) is 12.5 Å². The maximum atomic E-state index is 13.5. The lowest BCUT2D eigenvalue weighted by Gasteiger charge is -2.24. The van der Waals surface area contributed by atoms with E-state index < -0.39 is 34.5 Å². The topological polar surface area (TPSA) is 49.3 Å². The molecule has 0 aliphatic heterocycles. The molecule has 6 heteroatoms. The number of benzene rings is 2. The summed E-state index contributed by atoms with van der Waals surface area (Å²) in [6.45, 7) is 1.26. The first-order chi connectivity index (χ1) is 10.3. The molecule has 0 saturated heterocycles. The van der Waals surface area contributed by atoms with Crippen LogP contribution >= 0.6 is 0 Å². The van der Waals surface area contributed by atoms with Crippen molar-refractivity contribution in [3.8, 4) is 0 Å². The summed E-state index contributed by atoms with van der Waals surface area (Å²) in [4.78, 5) is 11.9. The summed E-state index contributed by atoms with van der Waals surface area (Å²) in [5, 5.41) is 12.6. The SMILES string of the molecule is CC(O)(CNC(=O)c1ccc(F)c(F)c1F)c1ccccc1. The molecule has 0 saturated carbocycles. The maximum Gasteiger partial charge on any atom is 0.254 e. The molecule has 0 aliphatic rings. The van der Waals surface area contributed by atoms with Gasteiger partial charge in [-0.25, -0.2) is 13.2 Å². The molecule has 2 aromatic rings. The standard InChI is InChI=1S/C16H14F3NO2/c1-16(22,10-5-3-2-4-6-10)9-20-15(21)11-7-8-12(17)14(19)13(11)18/h2-8,22H,9H2,1H3,(H,20,21). The molecule has 1 amide bonds. The van der Waals surface area contributed by atoms with Gasteiger partial charge in [0.25, 0.3) is 5.91 Å². The van der Waals surface area contributed by atoms with Crippen molar-refractivity contribution in [2.75, 3.05) is 6.54 Å². The number of hydrogen-bond acceptors (Lipinski definition) is 2. The molecule has 2 aromatic carbocycles. The van der Waals surface area contributed by atoms with Crippen LogP contribution in [0.25, 0.3) is 0 Å². The number of aliphatic hydroxyl groups is 1. The number of rotatable bonds is 4. The summed E-state index contributed by atoms with van der Waals surface area (Å²) in [5.74, 6) is -5.57. The van der Waals surface area contributed by atoms with Crippen molar-refractivity contribution >= 4 is 5.91 Å². The number of amides is 1. The molecule has 0 spiro atoms. The summed E-state index contributed by atoms with van der Waals surface area (Å²) < 4.78 is 39.5. The molecule has 0 aliphatic carbocycles. The molecular weight excluding hydrogens is 295 g/mol. The van der Waals surface area contributed by atoms with Crippen molar-refractivity contribution in [1.29, 1.82) is 0 Å². The van der Waals surface area contributed by atoms with E-state index in [-0.39, 0.29) is 6.54 Å². The van der Waals surface area contributed by atoms with Crippen LogP contribution in [0.5, 0.6) is 0 Å². The van der Waals surface area contributed by atoms with E-state index in [9.17, 15) is 23.1 Å². The Hall–Kier alpha value is -2.34. The predicted octanol–water partition coefficient (Wildman–Crippen LogP) is 2.74. The van der Waals surface area contributed by atoms with E-state index in [0.717, 1.165) is 6.07 Å². The Balaban J connectivity index is 2.12. The molecule has 2 rings (SSSR count). The second-order valence-electron chi connectivity index (χ2n) is 5.05. The molecule has 2 N–H and O–H groups in total. The maximum absolute atomic E-state index is 13.5. The van der Waals surface area contributed by atoms with Crippen LogP contribution in [-0.4, -0.2) is 17.6 Å². The first-order valence-corrected chi connectivity index (χ1v) is 6.52. The number of nitrogens with one attached hydrogen (secondary N) is 1. The minimum atomic E-state index is -1.71. The van der Waals surface area contributed by atoms with Gasteiger partial charge in [-0.15, -0.1) is 0 Å². The minimum Gasteiger partial charge on any atom is -0.384 e. The molecule has 0 fully saturated rings. The molecule has 0 heterocycles. The highest BCUT2D eigenvalue weighted by Gasteiger charge is 2.25. The second kappa shape index (κ2) is 6.19. The van der Waals surface area contributed by atoms with Crippen LogP contribution in [0.15, 0.2) is 42.5 Å². The summed E-state index contributed by atoms with van der Waals surface area (Å²) >= 11 is 0. The van der Waals surface area contributed by atoms with Gasteiger partial charge in [-0.3, -0.25) is 4.79 Å². The van der Waals surface area contributed by atoms with E-state index in [1.54, 1.807) is 30.3 Å². The lowest BCUT2D eigenvalue weighted by Crippen LogP contribution is -2.39. The van der Waals surface area contributed by atoms with Gasteiger partial charge in [0.15, 0.2) is 17.5 Å². The molecule has 1 unspecified atom stereocenters. The average molecular weight is 309 g/mol. The molecule has 3 nitrogen and oxygen atoms in total. The normalized spacial score (nSPS) is 13.5. The fourth-order valence-corrected chi connectivity index (χ4v) is 1.95. The first-order valence-electron chi connectivity index (χ1n) is 6.52. The minimum absolute atomic E-state index is 0.214. The highest BCUT2D eigenvalue weighted by Crippen LogP contribution is 2.20. The molecule has 0 radical (unpaired) electrons. The molecule has 22 heavy (non-hydrogen) atoms. The summed E-state index contributed by atoms with van der Waals surface area (Å²) in [6.07, 6.45) is 0. The van der Waals surface area contributed by atoms with Crippen LogP contribution in [0.2, 0.25) is 0 Å². The molecule has 1 atom stereocenters. The zero-order valence-corrected chi connectivity index (χ0v) is 11.7. The van der Waals surface area contributed by atoms with E-state index in [0.29, 0.717) is 11.6 Å². The Labute approximate surface area is 125 Å². The number of halogens is 3. The third-order valence-electron chi connectivity index (χ3n) is 3.27. The van der Waals surface area contributed by atoms with E-state index in [1.165, 1.54) is 6.92 Å². The Morgan fingerprint density at radius 2 is 1.73 bits per heavy atom. The smallest absolute Gasteiger partial charge is 0.254 e. The fraction of sp³-hybridized carbons (Fsp3) is 0.188. The summed E-state index contributed by atoms with van der Waals surface area (Å²) in [6, 6.07) is 10.1. The largest absolute Gasteiger partial charge is 0.384 e. The molecular formula is C16H14F3NO2. The number of carbonyl (C=O) groups is 1. The van der Waals surface area contributed by atoms with Crippen LogP contribution in [-0.2, 0) is 5.60 Å². The van der Waals surface area contributed by atoms with E-state index in [4.69, 9.17) is 0 Å². The van der Waals surface area contributed by atoms with Crippen LogP contribution in [0, 0.1) is 17.5 Å². The van der Waals surface area contributed by atoms with Gasteiger partial charge in [-0.05, 0) is 24.6 Å². The Morgan fingerprint density at radius 3 is 2.36 bits per heavy atom. The van der Waals surface area contributed by atoms with Gasteiger partial charge in [0.05, 0.1) is 12.1 Å². The fourth-order valence-electron chi connectivity index (χ4n) is 1.95. The second-order valence-corrected chi connectivity index (χ2v) is 5.05. The van der Waals surface area contributed by atoms with Gasteiger partial charge in [-0.2, -0.15) is 0 Å². The number of carbonyl (C=O) groups excluding carboxylic acids is 1. The van der Waals surface area contributed by atoms with Crippen LogP contribution < -0.4 is 5.32 Å². The van der Waals surface area contributed by atoms with Gasteiger partial charge in [0, 0.05) is 0 Å². The van der Waals surface area contributed by atoms with Crippen LogP contribution in [0.4, 0.5) is 13.2 Å². The third kappa shape index (κ3) is 3.28. The van der Waals surface area contributed by atoms with Gasteiger partial charge < -0.3 is 10.4 Å². The zero-order valence-electron chi connectivity index (χ0n) is 11.7. The molecule has 0 aromatic heterocycles. The highest BCUT2D eigenvalue weighted by molar-refractivity contribution is 5.94. The van der Waals surface area contributed by atoms with Crippen LogP contribution in [0.3, 0.4) is 0 Å². The summed E-state index contributed by atoms with van der Waals surface area (Å²) in [5.41, 5.74) is -1.45. The van der Waals surface area contributed by atoms with Gasteiger partial charge in [0.2, 0.25) is 0 Å². The van der Waals surface area contributed by atoms with Crippen molar-refractivity contribution in [3.63, 3.8) is 0 Å². The lowest BCUT2D eigenvalue weighted by molar-refractivity contribution is 0.0525. The van der Waals surface area contributed by atoms with Crippen molar-refractivity contribution in [3.05, 3.63) is 71.0 Å².